The summed E-state index contributed by atoms with van der Waals surface area (Å²) in [6.07, 6.45) is 4.39. The molecule has 0 spiro atoms. The van der Waals surface area contributed by atoms with Crippen molar-refractivity contribution in [1.82, 2.24) is 14.2 Å². The number of rotatable bonds is 11. The molecule has 2 saturated heterocycles. The molecule has 2 aromatic carbocycles. The standard InChI is InChI=1S/C30H40N4O5S2/c1-3-24-9-5-6-18-34(24)41(36,37)25-14-12-23(13-15-25)29(35)33(17-8-16-32-19-21-38-22-20-32)30-31-28-26(39-4-2)10-7-11-27(28)40-30/h7,10-15,24H,3-6,8-9,16-22H2,1-2H3. The third-order valence-corrected chi connectivity index (χ3v) is 10.9. The topological polar surface area (TPSA) is 92.3 Å². The number of piperidine rings is 1. The van der Waals surface area contributed by atoms with Gasteiger partial charge in [-0.2, -0.15) is 4.31 Å². The van der Waals surface area contributed by atoms with Crippen LogP contribution in [0, 0.1) is 0 Å². The van der Waals surface area contributed by atoms with Gasteiger partial charge in [0.15, 0.2) is 5.13 Å². The zero-order valence-corrected chi connectivity index (χ0v) is 25.6. The van der Waals surface area contributed by atoms with Crippen LogP contribution in [-0.4, -0.2) is 87.1 Å². The van der Waals surface area contributed by atoms with E-state index in [1.165, 1.54) is 11.3 Å². The Hall–Kier alpha value is -2.57. The van der Waals surface area contributed by atoms with Crippen LogP contribution in [-0.2, 0) is 14.8 Å². The molecule has 1 amide bonds. The van der Waals surface area contributed by atoms with Gasteiger partial charge < -0.3 is 9.47 Å². The first-order chi connectivity index (χ1) is 19.9. The van der Waals surface area contributed by atoms with E-state index in [4.69, 9.17) is 14.5 Å². The minimum Gasteiger partial charge on any atom is -0.492 e. The van der Waals surface area contributed by atoms with Crippen LogP contribution >= 0.6 is 11.3 Å². The third kappa shape index (κ3) is 6.75. The lowest BCUT2D eigenvalue weighted by Gasteiger charge is -2.34. The molecular weight excluding hydrogens is 560 g/mol. The number of benzene rings is 2. The summed E-state index contributed by atoms with van der Waals surface area (Å²) in [4.78, 5) is 23.1. The summed E-state index contributed by atoms with van der Waals surface area (Å²) < 4.78 is 40.8. The highest BCUT2D eigenvalue weighted by molar-refractivity contribution is 7.89. The number of para-hydroxylation sites is 1. The van der Waals surface area contributed by atoms with Crippen molar-refractivity contribution in [2.45, 2.75) is 56.9 Å². The zero-order valence-electron chi connectivity index (χ0n) is 24.0. The van der Waals surface area contributed by atoms with Gasteiger partial charge in [0, 0.05) is 44.3 Å². The summed E-state index contributed by atoms with van der Waals surface area (Å²) >= 11 is 1.46. The fraction of sp³-hybridized carbons (Fsp3) is 0.533. The maximum Gasteiger partial charge on any atom is 0.260 e. The van der Waals surface area contributed by atoms with Gasteiger partial charge in [0.25, 0.3) is 5.91 Å². The highest BCUT2D eigenvalue weighted by atomic mass is 32.2. The number of thiazole rings is 1. The Bertz CT molecular complexity index is 1420. The number of fused-ring (bicyclic) bond motifs is 1. The average molecular weight is 601 g/mol. The normalized spacial score (nSPS) is 18.9. The second-order valence-corrected chi connectivity index (χ2v) is 13.4. The first-order valence-electron chi connectivity index (χ1n) is 14.7. The number of morpholine rings is 1. The minimum atomic E-state index is -3.62. The number of ether oxygens (including phenoxy) is 2. The Balaban J connectivity index is 1.40. The van der Waals surface area contributed by atoms with Crippen LogP contribution < -0.4 is 9.64 Å². The average Bonchev–Trinajstić information content (AvgIpc) is 3.45. The molecule has 0 saturated carbocycles. The molecule has 1 aromatic heterocycles. The number of anilines is 1. The van der Waals surface area contributed by atoms with Crippen LogP contribution in [0.15, 0.2) is 47.4 Å². The predicted molar refractivity (Wildman–Crippen MR) is 163 cm³/mol. The molecule has 3 aromatic rings. The maximum atomic E-state index is 13.9. The molecule has 2 aliphatic heterocycles. The second-order valence-electron chi connectivity index (χ2n) is 10.5. The van der Waals surface area contributed by atoms with Crippen LogP contribution in [0.4, 0.5) is 5.13 Å². The fourth-order valence-corrected chi connectivity index (χ4v) is 8.39. The minimum absolute atomic E-state index is 0.0256. The number of hydrogen-bond donors (Lipinski definition) is 0. The molecule has 2 fully saturated rings. The van der Waals surface area contributed by atoms with Gasteiger partial charge in [0.05, 0.1) is 29.4 Å². The van der Waals surface area contributed by atoms with Crippen molar-refractivity contribution in [3.63, 3.8) is 0 Å². The molecule has 1 unspecified atom stereocenters. The SMILES string of the molecule is CCOc1cccc2sc(N(CCCN3CCOCC3)C(=O)c3ccc(S(=O)(=O)N4CCCCC4CC)cc3)nc12. The molecule has 0 bridgehead atoms. The van der Waals surface area contributed by atoms with Gasteiger partial charge in [-0.3, -0.25) is 14.6 Å². The fourth-order valence-electron chi connectivity index (χ4n) is 5.62. The first kappa shape index (κ1) is 29.9. The van der Waals surface area contributed by atoms with E-state index in [9.17, 15) is 13.2 Å². The number of hydrogen-bond acceptors (Lipinski definition) is 8. The van der Waals surface area contributed by atoms with Gasteiger partial charge >= 0.3 is 0 Å². The lowest BCUT2D eigenvalue weighted by Crippen LogP contribution is -2.43. The van der Waals surface area contributed by atoms with Crippen molar-refractivity contribution in [3.8, 4) is 5.75 Å². The summed E-state index contributed by atoms with van der Waals surface area (Å²) in [7, 11) is -3.62. The monoisotopic (exact) mass is 600 g/mol. The van der Waals surface area contributed by atoms with Gasteiger partial charge in [0.1, 0.15) is 11.3 Å². The second kappa shape index (κ2) is 13.6. The third-order valence-electron chi connectivity index (χ3n) is 7.86. The Morgan fingerprint density at radius 2 is 1.88 bits per heavy atom. The molecule has 5 rings (SSSR count). The Morgan fingerprint density at radius 1 is 1.10 bits per heavy atom. The summed E-state index contributed by atoms with van der Waals surface area (Å²) in [5, 5.41) is 0.606. The lowest BCUT2D eigenvalue weighted by atomic mass is 10.0. The number of carbonyl (C=O) groups is 1. The molecule has 0 N–H and O–H groups in total. The maximum absolute atomic E-state index is 13.9. The number of aromatic nitrogens is 1. The Labute approximate surface area is 247 Å². The van der Waals surface area contributed by atoms with E-state index >= 15 is 0 Å². The van der Waals surface area contributed by atoms with Crippen molar-refractivity contribution in [1.29, 1.82) is 0 Å². The van der Waals surface area contributed by atoms with Crippen LogP contribution in [0.5, 0.6) is 5.75 Å². The number of carbonyl (C=O) groups excluding carboxylic acids is 1. The molecule has 0 radical (unpaired) electrons. The highest BCUT2D eigenvalue weighted by Crippen LogP contribution is 2.35. The smallest absolute Gasteiger partial charge is 0.260 e. The van der Waals surface area contributed by atoms with E-state index < -0.39 is 10.0 Å². The van der Waals surface area contributed by atoms with Crippen LogP contribution in [0.3, 0.4) is 0 Å². The van der Waals surface area contributed by atoms with Crippen LogP contribution in [0.2, 0.25) is 0 Å². The summed E-state index contributed by atoms with van der Waals surface area (Å²) in [5.41, 5.74) is 1.18. The van der Waals surface area contributed by atoms with Crippen molar-refractivity contribution in [3.05, 3.63) is 48.0 Å². The molecule has 9 nitrogen and oxygen atoms in total. The van der Waals surface area contributed by atoms with Gasteiger partial charge in [-0.05, 0) is 69.0 Å². The number of nitrogens with zero attached hydrogens (tertiary/aromatic N) is 4. The van der Waals surface area contributed by atoms with E-state index in [0.29, 0.717) is 36.1 Å². The Morgan fingerprint density at radius 3 is 2.61 bits per heavy atom. The van der Waals surface area contributed by atoms with Crippen molar-refractivity contribution >= 4 is 42.6 Å². The van der Waals surface area contributed by atoms with E-state index in [1.807, 2.05) is 32.0 Å². The van der Waals surface area contributed by atoms with E-state index in [1.54, 1.807) is 33.5 Å². The molecule has 11 heteroatoms. The molecule has 1 atom stereocenters. The Kier molecular flexibility index (Phi) is 9.92. The largest absolute Gasteiger partial charge is 0.492 e. The van der Waals surface area contributed by atoms with Gasteiger partial charge in [-0.15, -0.1) is 0 Å². The lowest BCUT2D eigenvalue weighted by molar-refractivity contribution is 0.0376. The summed E-state index contributed by atoms with van der Waals surface area (Å²) in [5.74, 6) is 0.503. The molecule has 222 valence electrons. The van der Waals surface area contributed by atoms with E-state index in [2.05, 4.69) is 4.90 Å². The molecule has 2 aliphatic rings. The van der Waals surface area contributed by atoms with Gasteiger partial charge in [-0.1, -0.05) is 30.7 Å². The van der Waals surface area contributed by atoms with E-state index in [0.717, 1.165) is 75.2 Å². The van der Waals surface area contributed by atoms with Crippen LogP contribution in [0.1, 0.15) is 56.3 Å². The summed E-state index contributed by atoms with van der Waals surface area (Å²) in [6, 6.07) is 12.2. The van der Waals surface area contributed by atoms with Crippen molar-refractivity contribution in [2.24, 2.45) is 0 Å². The quantitative estimate of drug-likeness (QED) is 0.305. The first-order valence-corrected chi connectivity index (χ1v) is 16.9. The number of amides is 1. The molecule has 41 heavy (non-hydrogen) atoms. The van der Waals surface area contributed by atoms with E-state index in [-0.39, 0.29) is 16.8 Å². The van der Waals surface area contributed by atoms with Crippen molar-refractivity contribution in [2.75, 3.05) is 57.4 Å². The molecule has 0 aliphatic carbocycles. The summed E-state index contributed by atoms with van der Waals surface area (Å²) in [6.45, 7) is 9.62. The molecular formula is C30H40N4O5S2. The highest BCUT2D eigenvalue weighted by Gasteiger charge is 2.33. The number of sulfonamides is 1. The van der Waals surface area contributed by atoms with Crippen molar-refractivity contribution < 1.29 is 22.7 Å². The van der Waals surface area contributed by atoms with Gasteiger partial charge in [0.2, 0.25) is 10.0 Å². The van der Waals surface area contributed by atoms with Crippen LogP contribution in [0.25, 0.3) is 10.2 Å². The zero-order chi connectivity index (χ0) is 28.8. The van der Waals surface area contributed by atoms with Gasteiger partial charge in [-0.25, -0.2) is 13.4 Å². The molecule has 3 heterocycles. The predicted octanol–water partition coefficient (Wildman–Crippen LogP) is 5.02.